The monoisotopic (exact) mass is 363 g/mol. The maximum Gasteiger partial charge on any atom is 0.377 e. The molecule has 138 valence electrons. The fourth-order valence-corrected chi connectivity index (χ4v) is 3.54. The molecule has 1 aliphatic carbocycles. The highest BCUT2D eigenvalue weighted by atomic mass is 16.2. The van der Waals surface area contributed by atoms with Crippen LogP contribution in [0.1, 0.15) is 31.4 Å². The van der Waals surface area contributed by atoms with Gasteiger partial charge in [0.15, 0.2) is 0 Å². The molecule has 0 spiro atoms. The molecule has 3 aromatic rings. The van der Waals surface area contributed by atoms with E-state index in [9.17, 15) is 9.59 Å². The van der Waals surface area contributed by atoms with Gasteiger partial charge in [0.1, 0.15) is 0 Å². The third-order valence-electron chi connectivity index (χ3n) is 4.85. The molecule has 27 heavy (non-hydrogen) atoms. The Morgan fingerprint density at radius 1 is 1.04 bits per heavy atom. The van der Waals surface area contributed by atoms with Crippen LogP contribution in [0, 0.1) is 0 Å². The minimum atomic E-state index is -0.570. The first-order chi connectivity index (χ1) is 13.1. The standard InChI is InChI=1S/C20H21N5O2/c1-14(2)23(17-9-4-3-5-10-17)19(26)25-20(27)24(21-22-25)18-12-11-15-7-6-8-16(15)13-18/h3-5,9-14H,6-8H2,1-2H3. The molecule has 0 fully saturated rings. The van der Waals surface area contributed by atoms with Gasteiger partial charge in [0.25, 0.3) is 0 Å². The van der Waals surface area contributed by atoms with Gasteiger partial charge in [-0.05, 0) is 78.9 Å². The average molecular weight is 363 g/mol. The van der Waals surface area contributed by atoms with Crippen molar-refractivity contribution in [1.29, 1.82) is 0 Å². The van der Waals surface area contributed by atoms with Crippen molar-refractivity contribution in [1.82, 2.24) is 19.8 Å². The molecule has 1 heterocycles. The van der Waals surface area contributed by atoms with E-state index in [0.717, 1.165) is 23.9 Å². The van der Waals surface area contributed by atoms with E-state index in [1.807, 2.05) is 62.4 Å². The predicted molar refractivity (Wildman–Crippen MR) is 102 cm³/mol. The number of para-hydroxylation sites is 1. The minimum Gasteiger partial charge on any atom is -0.290 e. The molecule has 1 amide bonds. The highest BCUT2D eigenvalue weighted by Gasteiger charge is 2.25. The van der Waals surface area contributed by atoms with Crippen molar-refractivity contribution < 1.29 is 4.79 Å². The van der Waals surface area contributed by atoms with Crippen LogP contribution in [0.2, 0.25) is 0 Å². The molecule has 0 saturated heterocycles. The summed E-state index contributed by atoms with van der Waals surface area (Å²) in [5.41, 5.74) is 3.31. The number of anilines is 1. The van der Waals surface area contributed by atoms with E-state index in [4.69, 9.17) is 0 Å². The Kier molecular flexibility index (Phi) is 4.35. The van der Waals surface area contributed by atoms with Crippen LogP contribution >= 0.6 is 0 Å². The highest BCUT2D eigenvalue weighted by Crippen LogP contribution is 2.23. The van der Waals surface area contributed by atoms with Crippen molar-refractivity contribution in [3.05, 3.63) is 70.1 Å². The molecule has 0 aliphatic heterocycles. The molecule has 0 N–H and O–H groups in total. The zero-order valence-electron chi connectivity index (χ0n) is 15.4. The normalized spacial score (nSPS) is 13.0. The number of hydrogen-bond donors (Lipinski definition) is 0. The highest BCUT2D eigenvalue weighted by molar-refractivity contribution is 5.93. The van der Waals surface area contributed by atoms with Crippen LogP contribution in [0.3, 0.4) is 0 Å². The summed E-state index contributed by atoms with van der Waals surface area (Å²) in [6, 6.07) is 14.4. The third-order valence-corrected chi connectivity index (χ3v) is 4.85. The minimum absolute atomic E-state index is 0.142. The summed E-state index contributed by atoms with van der Waals surface area (Å²) in [7, 11) is 0. The fraction of sp³-hybridized carbons (Fsp3) is 0.300. The van der Waals surface area contributed by atoms with Crippen molar-refractivity contribution >= 4 is 11.7 Å². The van der Waals surface area contributed by atoms with Crippen LogP contribution in [0.15, 0.2) is 53.3 Å². The predicted octanol–water partition coefficient (Wildman–Crippen LogP) is 2.80. The number of amides is 1. The number of fused-ring (bicyclic) bond motifs is 1. The Morgan fingerprint density at radius 2 is 1.78 bits per heavy atom. The molecule has 7 heteroatoms. The Labute approximate surface area is 156 Å². The van der Waals surface area contributed by atoms with E-state index in [0.29, 0.717) is 11.4 Å². The quantitative estimate of drug-likeness (QED) is 0.671. The van der Waals surface area contributed by atoms with E-state index in [1.165, 1.54) is 20.7 Å². The molecule has 0 bridgehead atoms. The second-order valence-corrected chi connectivity index (χ2v) is 6.97. The maximum atomic E-state index is 13.0. The first kappa shape index (κ1) is 17.2. The smallest absolute Gasteiger partial charge is 0.290 e. The van der Waals surface area contributed by atoms with Gasteiger partial charge in [-0.15, -0.1) is 4.68 Å². The van der Waals surface area contributed by atoms with Gasteiger partial charge in [-0.25, -0.2) is 9.59 Å². The first-order valence-corrected chi connectivity index (χ1v) is 9.12. The summed E-state index contributed by atoms with van der Waals surface area (Å²) >= 11 is 0. The van der Waals surface area contributed by atoms with Crippen LogP contribution in [0.4, 0.5) is 10.5 Å². The van der Waals surface area contributed by atoms with Gasteiger partial charge in [0.05, 0.1) is 5.69 Å². The molecule has 0 saturated carbocycles. The Balaban J connectivity index is 1.71. The second kappa shape index (κ2) is 6.83. The van der Waals surface area contributed by atoms with Crippen LogP contribution < -0.4 is 10.6 Å². The van der Waals surface area contributed by atoms with Crippen molar-refractivity contribution in [2.75, 3.05) is 4.90 Å². The lowest BCUT2D eigenvalue weighted by molar-refractivity contribution is 0.242. The number of nitrogens with zero attached hydrogens (tertiary/aromatic N) is 5. The molecule has 7 nitrogen and oxygen atoms in total. The van der Waals surface area contributed by atoms with Gasteiger partial charge >= 0.3 is 11.7 Å². The zero-order valence-corrected chi connectivity index (χ0v) is 15.4. The molecule has 1 aromatic heterocycles. The van der Waals surface area contributed by atoms with E-state index in [2.05, 4.69) is 10.4 Å². The summed E-state index contributed by atoms with van der Waals surface area (Å²) in [5, 5.41) is 7.78. The van der Waals surface area contributed by atoms with E-state index in [-0.39, 0.29) is 6.04 Å². The molecular formula is C20H21N5O2. The number of carbonyl (C=O) groups excluding carboxylic acids is 1. The molecule has 0 radical (unpaired) electrons. The lowest BCUT2D eigenvalue weighted by Crippen LogP contribution is -2.44. The van der Waals surface area contributed by atoms with Gasteiger partial charge in [-0.2, -0.15) is 4.68 Å². The Bertz CT molecular complexity index is 1040. The molecular weight excluding hydrogens is 342 g/mol. The number of aryl methyl sites for hydroxylation is 2. The van der Waals surface area contributed by atoms with Gasteiger partial charge in [-0.3, -0.25) is 4.90 Å². The molecule has 4 rings (SSSR count). The van der Waals surface area contributed by atoms with Crippen molar-refractivity contribution in [3.63, 3.8) is 0 Å². The van der Waals surface area contributed by atoms with Crippen LogP contribution in [-0.4, -0.2) is 31.9 Å². The average Bonchev–Trinajstić information content (AvgIpc) is 3.28. The van der Waals surface area contributed by atoms with Gasteiger partial charge < -0.3 is 0 Å². The van der Waals surface area contributed by atoms with Gasteiger partial charge in [0.2, 0.25) is 0 Å². The lowest BCUT2D eigenvalue weighted by atomic mass is 10.1. The van der Waals surface area contributed by atoms with E-state index >= 15 is 0 Å². The topological polar surface area (TPSA) is 73.0 Å². The van der Waals surface area contributed by atoms with Gasteiger partial charge in [-0.1, -0.05) is 24.3 Å². The fourth-order valence-electron chi connectivity index (χ4n) is 3.54. The summed E-state index contributed by atoms with van der Waals surface area (Å²) in [4.78, 5) is 27.4. The number of carbonyl (C=O) groups is 1. The van der Waals surface area contributed by atoms with Crippen molar-refractivity contribution in [2.45, 2.75) is 39.2 Å². The number of hydrogen-bond acceptors (Lipinski definition) is 4. The molecule has 1 aliphatic rings. The van der Waals surface area contributed by atoms with Crippen LogP contribution in [-0.2, 0) is 12.8 Å². The summed E-state index contributed by atoms with van der Waals surface area (Å²) < 4.78 is 2.00. The third kappa shape index (κ3) is 3.05. The van der Waals surface area contributed by atoms with Crippen LogP contribution in [0.5, 0.6) is 0 Å². The van der Waals surface area contributed by atoms with Crippen LogP contribution in [0.25, 0.3) is 5.69 Å². The number of aromatic nitrogens is 4. The van der Waals surface area contributed by atoms with Crippen molar-refractivity contribution in [3.8, 4) is 5.69 Å². The SMILES string of the molecule is CC(C)N(C(=O)n1nnn(-c2ccc3c(c2)CCC3)c1=O)c1ccccc1. The zero-order chi connectivity index (χ0) is 19.0. The molecule has 0 atom stereocenters. The lowest BCUT2D eigenvalue weighted by Gasteiger charge is -2.25. The Morgan fingerprint density at radius 3 is 2.52 bits per heavy atom. The summed E-state index contributed by atoms with van der Waals surface area (Å²) in [5.74, 6) is 0. The Hall–Kier alpha value is -3.22. The maximum absolute atomic E-state index is 13.0. The number of tetrazole rings is 1. The summed E-state index contributed by atoms with van der Waals surface area (Å²) in [6.07, 6.45) is 3.19. The largest absolute Gasteiger partial charge is 0.377 e. The van der Waals surface area contributed by atoms with Gasteiger partial charge in [0, 0.05) is 11.7 Å². The first-order valence-electron chi connectivity index (χ1n) is 9.12. The number of rotatable bonds is 3. The molecule has 0 unspecified atom stereocenters. The van der Waals surface area contributed by atoms with E-state index in [1.54, 1.807) is 0 Å². The van der Waals surface area contributed by atoms with E-state index < -0.39 is 11.7 Å². The van der Waals surface area contributed by atoms with Crippen molar-refractivity contribution in [2.24, 2.45) is 0 Å². The number of benzene rings is 2. The summed E-state index contributed by atoms with van der Waals surface area (Å²) in [6.45, 7) is 3.78. The second-order valence-electron chi connectivity index (χ2n) is 6.97. The molecule has 2 aromatic carbocycles.